The average Bonchev–Trinajstić information content (AvgIpc) is 3.51. The van der Waals surface area contributed by atoms with Crippen molar-refractivity contribution in [2.45, 2.75) is 13.5 Å². The van der Waals surface area contributed by atoms with Crippen molar-refractivity contribution in [1.29, 1.82) is 0 Å². The summed E-state index contributed by atoms with van der Waals surface area (Å²) >= 11 is 1.50. The number of amides is 1. The molecule has 4 aromatic rings. The maximum atomic E-state index is 12.8. The zero-order valence-corrected chi connectivity index (χ0v) is 18.4. The van der Waals surface area contributed by atoms with Gasteiger partial charge >= 0.3 is 0 Å². The molecule has 160 valence electrons. The van der Waals surface area contributed by atoms with E-state index in [4.69, 9.17) is 13.9 Å². The third-order valence-corrected chi connectivity index (χ3v) is 6.00. The maximum Gasteiger partial charge on any atom is 0.269 e. The quantitative estimate of drug-likeness (QED) is 0.468. The molecule has 0 saturated heterocycles. The summed E-state index contributed by atoms with van der Waals surface area (Å²) in [6.45, 7) is 2.29. The lowest BCUT2D eigenvalue weighted by molar-refractivity contribution is 0.0942. The predicted molar refractivity (Wildman–Crippen MR) is 117 cm³/mol. The summed E-state index contributed by atoms with van der Waals surface area (Å²) in [5.41, 5.74) is 2.67. The van der Waals surface area contributed by atoms with Crippen LogP contribution in [0.3, 0.4) is 0 Å². The van der Waals surface area contributed by atoms with E-state index < -0.39 is 0 Å². The SMILES string of the molecule is COc1ccc(OC)c(-c2cc(C(=O)NCc3sc(-c4ccco4)nc3C)n(C)n2)c1. The Bertz CT molecular complexity index is 1210. The van der Waals surface area contributed by atoms with Gasteiger partial charge in [0.1, 0.15) is 17.2 Å². The number of rotatable bonds is 7. The van der Waals surface area contributed by atoms with Crippen molar-refractivity contribution in [3.63, 3.8) is 0 Å². The number of methoxy groups -OCH3 is 2. The first-order chi connectivity index (χ1) is 15.0. The van der Waals surface area contributed by atoms with Crippen LogP contribution in [0.5, 0.6) is 11.5 Å². The molecule has 31 heavy (non-hydrogen) atoms. The number of hydrogen-bond acceptors (Lipinski definition) is 7. The van der Waals surface area contributed by atoms with Crippen LogP contribution in [0.2, 0.25) is 0 Å². The van der Waals surface area contributed by atoms with E-state index in [-0.39, 0.29) is 5.91 Å². The minimum Gasteiger partial charge on any atom is -0.497 e. The Labute approximate surface area is 183 Å². The molecular formula is C22H22N4O4S. The van der Waals surface area contributed by atoms with Gasteiger partial charge in [-0.15, -0.1) is 11.3 Å². The first-order valence-corrected chi connectivity index (χ1v) is 10.4. The van der Waals surface area contributed by atoms with Crippen molar-refractivity contribution in [3.05, 3.63) is 58.9 Å². The minimum absolute atomic E-state index is 0.226. The van der Waals surface area contributed by atoms with Gasteiger partial charge in [0.25, 0.3) is 5.91 Å². The maximum absolute atomic E-state index is 12.8. The van der Waals surface area contributed by atoms with Crippen molar-refractivity contribution >= 4 is 17.2 Å². The van der Waals surface area contributed by atoms with Gasteiger partial charge in [0.2, 0.25) is 0 Å². The van der Waals surface area contributed by atoms with E-state index in [2.05, 4.69) is 15.4 Å². The normalized spacial score (nSPS) is 10.8. The lowest BCUT2D eigenvalue weighted by Crippen LogP contribution is -2.25. The molecule has 0 unspecified atom stereocenters. The van der Waals surface area contributed by atoms with Gasteiger partial charge in [-0.2, -0.15) is 5.10 Å². The number of aromatic nitrogens is 3. The molecule has 3 aromatic heterocycles. The highest BCUT2D eigenvalue weighted by Gasteiger charge is 2.18. The molecule has 0 bridgehead atoms. The Morgan fingerprint density at radius 2 is 2.06 bits per heavy atom. The van der Waals surface area contributed by atoms with E-state index in [0.717, 1.165) is 21.1 Å². The van der Waals surface area contributed by atoms with Crippen LogP contribution in [-0.4, -0.2) is 34.9 Å². The topological polar surface area (TPSA) is 91.4 Å². The highest BCUT2D eigenvalue weighted by atomic mass is 32.1. The van der Waals surface area contributed by atoms with Gasteiger partial charge in [-0.1, -0.05) is 0 Å². The van der Waals surface area contributed by atoms with Crippen LogP contribution in [-0.2, 0) is 13.6 Å². The molecule has 0 aliphatic carbocycles. The fraction of sp³-hybridized carbons (Fsp3) is 0.227. The van der Waals surface area contributed by atoms with Crippen molar-refractivity contribution in [2.24, 2.45) is 7.05 Å². The fourth-order valence-corrected chi connectivity index (χ4v) is 4.14. The Kier molecular flexibility index (Phi) is 5.77. The molecule has 4 rings (SSSR count). The molecular weight excluding hydrogens is 416 g/mol. The number of hydrogen-bond donors (Lipinski definition) is 1. The molecule has 0 aliphatic heterocycles. The molecule has 0 fully saturated rings. The molecule has 1 aromatic carbocycles. The largest absolute Gasteiger partial charge is 0.497 e. The average molecular weight is 439 g/mol. The molecule has 9 heteroatoms. The summed E-state index contributed by atoms with van der Waals surface area (Å²) in [6, 6.07) is 10.9. The van der Waals surface area contributed by atoms with Gasteiger partial charge in [-0.25, -0.2) is 4.98 Å². The second kappa shape index (κ2) is 8.65. The lowest BCUT2D eigenvalue weighted by atomic mass is 10.1. The smallest absolute Gasteiger partial charge is 0.269 e. The number of ether oxygens (including phenoxy) is 2. The zero-order valence-electron chi connectivity index (χ0n) is 17.6. The van der Waals surface area contributed by atoms with Crippen LogP contribution in [0.4, 0.5) is 0 Å². The third kappa shape index (κ3) is 4.17. The van der Waals surface area contributed by atoms with Crippen molar-refractivity contribution < 1.29 is 18.7 Å². The Balaban J connectivity index is 1.53. The lowest BCUT2D eigenvalue weighted by Gasteiger charge is -2.08. The molecule has 0 radical (unpaired) electrons. The minimum atomic E-state index is -0.226. The summed E-state index contributed by atoms with van der Waals surface area (Å²) in [5, 5.41) is 8.24. The van der Waals surface area contributed by atoms with E-state index in [1.807, 2.05) is 37.3 Å². The van der Waals surface area contributed by atoms with Crippen LogP contribution in [0, 0.1) is 6.92 Å². The second-order valence-corrected chi connectivity index (χ2v) is 7.88. The van der Waals surface area contributed by atoms with Crippen LogP contribution < -0.4 is 14.8 Å². The van der Waals surface area contributed by atoms with E-state index in [1.165, 1.54) is 11.3 Å². The van der Waals surface area contributed by atoms with Crippen molar-refractivity contribution in [2.75, 3.05) is 14.2 Å². The van der Waals surface area contributed by atoms with E-state index >= 15 is 0 Å². The molecule has 3 heterocycles. The number of benzene rings is 1. The van der Waals surface area contributed by atoms with Gasteiger partial charge < -0.3 is 19.2 Å². The highest BCUT2D eigenvalue weighted by molar-refractivity contribution is 7.15. The molecule has 0 saturated carbocycles. The number of nitrogens with zero attached hydrogens (tertiary/aromatic N) is 3. The molecule has 8 nitrogen and oxygen atoms in total. The predicted octanol–water partition coefficient (Wildman–Crippen LogP) is 4.06. The Morgan fingerprint density at radius 3 is 2.77 bits per heavy atom. The number of thiazole rings is 1. The number of carbonyl (C=O) groups is 1. The molecule has 0 spiro atoms. The summed E-state index contributed by atoms with van der Waals surface area (Å²) in [5.74, 6) is 1.82. The van der Waals surface area contributed by atoms with Crippen LogP contribution >= 0.6 is 11.3 Å². The molecule has 1 amide bonds. The van der Waals surface area contributed by atoms with Crippen molar-refractivity contribution in [1.82, 2.24) is 20.1 Å². The molecule has 0 atom stereocenters. The van der Waals surface area contributed by atoms with Gasteiger partial charge in [0.05, 0.1) is 38.4 Å². The molecule has 0 aliphatic rings. The third-order valence-electron chi connectivity index (χ3n) is 4.83. The monoisotopic (exact) mass is 438 g/mol. The highest BCUT2D eigenvalue weighted by Crippen LogP contribution is 2.33. The summed E-state index contributed by atoms with van der Waals surface area (Å²) in [4.78, 5) is 18.3. The Morgan fingerprint density at radius 1 is 1.23 bits per heavy atom. The number of furan rings is 1. The van der Waals surface area contributed by atoms with Gasteiger partial charge in [-0.3, -0.25) is 9.48 Å². The number of carbonyl (C=O) groups excluding carboxylic acids is 1. The van der Waals surface area contributed by atoms with E-state index in [9.17, 15) is 4.79 Å². The molecule has 1 N–H and O–H groups in total. The first kappa shape index (κ1) is 20.7. The zero-order chi connectivity index (χ0) is 22.0. The van der Waals surface area contributed by atoms with Crippen LogP contribution in [0.1, 0.15) is 21.1 Å². The van der Waals surface area contributed by atoms with Crippen LogP contribution in [0.15, 0.2) is 47.1 Å². The van der Waals surface area contributed by atoms with Crippen molar-refractivity contribution in [3.8, 4) is 33.5 Å². The first-order valence-electron chi connectivity index (χ1n) is 9.55. The summed E-state index contributed by atoms with van der Waals surface area (Å²) in [6.07, 6.45) is 1.62. The second-order valence-electron chi connectivity index (χ2n) is 6.79. The standard InChI is InChI=1S/C22H22N4O4S/c1-13-20(31-22(24-13)19-6-5-9-30-19)12-23-21(27)17-11-16(25-26(17)2)15-10-14(28-3)7-8-18(15)29-4/h5-11H,12H2,1-4H3,(H,23,27). The summed E-state index contributed by atoms with van der Waals surface area (Å²) < 4.78 is 17.7. The van der Waals surface area contributed by atoms with E-state index in [0.29, 0.717) is 35.2 Å². The number of nitrogens with one attached hydrogen (secondary N) is 1. The van der Waals surface area contributed by atoms with Gasteiger partial charge in [0.15, 0.2) is 10.8 Å². The fourth-order valence-electron chi connectivity index (χ4n) is 3.17. The number of aryl methyl sites for hydroxylation is 2. The van der Waals surface area contributed by atoms with E-state index in [1.54, 1.807) is 38.3 Å². The van der Waals surface area contributed by atoms with Crippen LogP contribution in [0.25, 0.3) is 22.0 Å². The summed E-state index contributed by atoms with van der Waals surface area (Å²) in [7, 11) is 4.93. The Hall–Kier alpha value is -3.59. The van der Waals surface area contributed by atoms with Gasteiger partial charge in [-0.05, 0) is 43.3 Å². The van der Waals surface area contributed by atoms with Gasteiger partial charge in [0, 0.05) is 17.5 Å².